The van der Waals surface area contributed by atoms with Crippen molar-refractivity contribution >= 4 is 35.8 Å². The van der Waals surface area contributed by atoms with Crippen LogP contribution in [0.1, 0.15) is 427 Å². The highest BCUT2D eigenvalue weighted by atomic mass is 16.6. The van der Waals surface area contributed by atoms with E-state index in [1.165, 1.54) is 96.3 Å². The van der Waals surface area contributed by atoms with Crippen LogP contribution >= 0.6 is 0 Å². The van der Waals surface area contributed by atoms with E-state index in [1.807, 2.05) is 125 Å². The van der Waals surface area contributed by atoms with E-state index in [-0.39, 0.29) is 124 Å². The maximum atomic E-state index is 12.3. The van der Waals surface area contributed by atoms with Crippen LogP contribution in [0.5, 0.6) is 0 Å². The van der Waals surface area contributed by atoms with Gasteiger partial charge in [0.05, 0.1) is 32.5 Å². The highest BCUT2D eigenvalue weighted by molar-refractivity contribution is 5.78. The lowest BCUT2D eigenvalue weighted by Gasteiger charge is -2.42. The van der Waals surface area contributed by atoms with Gasteiger partial charge in [0.2, 0.25) is 0 Å². The van der Waals surface area contributed by atoms with Gasteiger partial charge in [0, 0.05) is 0 Å². The SMILES string of the molecule is C.C.C.CCC(C)(C)C(=O)OC1(C(C)C)CCCC1.CCC(C)(C)C(=O)OC1(C(C)C)CCCCC1.CCC(C)(C)C(=O)OC1(C)CCCC1.CCC(C)(C)C(=O)OC1(C)CCCCC1.CCC1(OC(=O)C(C)(C)CC)CCCC1.CCC1(OC(=O)C(C)(C)CC)CCCCC1. The Hall–Kier alpha value is -3.18. The number of rotatable bonds is 22. The third-order valence-electron chi connectivity index (χ3n) is 23.9. The average Bonchev–Trinajstić information content (AvgIpc) is 1.19. The molecule has 0 unspecified atom stereocenters. The van der Waals surface area contributed by atoms with Crippen molar-refractivity contribution in [3.63, 3.8) is 0 Å². The van der Waals surface area contributed by atoms with Gasteiger partial charge in [-0.05, 0) is 314 Å². The largest absolute Gasteiger partial charge is 0.459 e. The third kappa shape index (κ3) is 30.2. The molecule has 0 aromatic heterocycles. The summed E-state index contributed by atoms with van der Waals surface area (Å²) in [4.78, 5) is 72.3. The van der Waals surface area contributed by atoms with E-state index in [9.17, 15) is 28.8 Å². The molecule has 0 spiro atoms. The fourth-order valence-corrected chi connectivity index (χ4v) is 12.5. The van der Waals surface area contributed by atoms with Gasteiger partial charge >= 0.3 is 35.8 Å². The Morgan fingerprint density at radius 1 is 0.271 bits per heavy atom. The molecule has 6 saturated carbocycles. The van der Waals surface area contributed by atoms with Gasteiger partial charge in [0.25, 0.3) is 0 Å². The number of carbonyl (C=O) groups excluding carboxylic acids is 6. The fraction of sp³-hybridized carbons (Fsp3) is 0.929. The quantitative estimate of drug-likeness (QED) is 0.0747. The summed E-state index contributed by atoms with van der Waals surface area (Å²) in [6, 6.07) is 0. The molecule has 570 valence electrons. The van der Waals surface area contributed by atoms with E-state index in [2.05, 4.69) is 55.4 Å². The standard InChI is InChI=1S/C15H28O2.2C14H26O2.2C13H24O2.C12H22O2.3CH4/c1-6-14(4,5)13(16)17-15(12(2)3)10-8-7-9-11-15;1-6-13(4,5)12(15)16-14(11(2)3)9-7-8-10-14;1-5-13(3,4)12(15)16-14(6-2)10-8-7-9-11-14;1-5-12(2,3)11(14)15-13(4)9-7-6-8-10-13;1-5-12(3,4)11(14)15-13(6-2)9-7-8-10-13;1-5-11(2,3)10(13)14-12(4)8-6-7-9-12;;;/h12H,6-11H2,1-5H3;11H,6-10H2,1-5H3;5-11H2,1-4H3;2*5-10H2,1-4H3;5-9H2,1-4H3;3*1H4. The molecule has 0 saturated heterocycles. The normalized spacial score (nSPS) is 19.9. The van der Waals surface area contributed by atoms with Gasteiger partial charge in [-0.2, -0.15) is 0 Å². The van der Waals surface area contributed by atoms with Crippen molar-refractivity contribution in [2.24, 2.45) is 44.3 Å². The van der Waals surface area contributed by atoms with Crippen LogP contribution in [-0.4, -0.2) is 69.4 Å². The molecule has 0 heterocycles. The average molecular weight is 1360 g/mol. The van der Waals surface area contributed by atoms with E-state index in [0.29, 0.717) is 11.8 Å². The first-order valence-electron chi connectivity index (χ1n) is 38.3. The smallest absolute Gasteiger partial charge is 0.312 e. The molecular weight excluding hydrogens is 1200 g/mol. The van der Waals surface area contributed by atoms with Crippen molar-refractivity contribution in [3.05, 3.63) is 0 Å². The number of esters is 6. The predicted molar refractivity (Wildman–Crippen MR) is 404 cm³/mol. The second-order valence-electron chi connectivity index (χ2n) is 34.5. The molecule has 96 heavy (non-hydrogen) atoms. The zero-order valence-corrected chi connectivity index (χ0v) is 65.8. The Labute approximate surface area is 595 Å². The lowest BCUT2D eigenvalue weighted by Crippen LogP contribution is -2.45. The minimum absolute atomic E-state index is 0. The van der Waals surface area contributed by atoms with Crippen LogP contribution in [-0.2, 0) is 57.2 Å². The van der Waals surface area contributed by atoms with Gasteiger partial charge in [-0.15, -0.1) is 0 Å². The molecule has 0 aliphatic heterocycles. The Morgan fingerprint density at radius 3 is 0.646 bits per heavy atom. The minimum Gasteiger partial charge on any atom is -0.459 e. The zero-order chi connectivity index (χ0) is 71.6. The Bertz CT molecular complexity index is 2210. The number of ether oxygens (including phenoxy) is 6. The summed E-state index contributed by atoms with van der Waals surface area (Å²) in [5.74, 6) is 0.693. The summed E-state index contributed by atoms with van der Waals surface area (Å²) in [5, 5.41) is 0. The summed E-state index contributed by atoms with van der Waals surface area (Å²) in [7, 11) is 0. The maximum absolute atomic E-state index is 12.3. The molecule has 0 radical (unpaired) electrons. The lowest BCUT2D eigenvalue weighted by molar-refractivity contribution is -0.180. The molecule has 0 aromatic rings. The van der Waals surface area contributed by atoms with Crippen molar-refractivity contribution in [1.29, 1.82) is 0 Å². The van der Waals surface area contributed by atoms with Crippen molar-refractivity contribution in [2.45, 2.75) is 461 Å². The maximum Gasteiger partial charge on any atom is 0.312 e. The first-order valence-corrected chi connectivity index (χ1v) is 38.3. The van der Waals surface area contributed by atoms with E-state index in [0.717, 1.165) is 128 Å². The molecule has 0 atom stereocenters. The highest BCUT2D eigenvalue weighted by Gasteiger charge is 2.46. The summed E-state index contributed by atoms with van der Waals surface area (Å²) in [6.07, 6.45) is 37.6. The van der Waals surface area contributed by atoms with Gasteiger partial charge < -0.3 is 28.4 Å². The number of carbonyl (C=O) groups is 6. The van der Waals surface area contributed by atoms with Gasteiger partial charge in [0.15, 0.2) is 0 Å². The zero-order valence-electron chi connectivity index (χ0n) is 65.8. The van der Waals surface area contributed by atoms with Gasteiger partial charge in [-0.3, -0.25) is 28.8 Å². The summed E-state index contributed by atoms with van der Waals surface area (Å²) in [5.41, 5.74) is -3.04. The van der Waals surface area contributed by atoms with Crippen LogP contribution in [0.3, 0.4) is 0 Å². The Morgan fingerprint density at radius 2 is 0.438 bits per heavy atom. The van der Waals surface area contributed by atoms with Crippen molar-refractivity contribution in [2.75, 3.05) is 0 Å². The molecule has 6 fully saturated rings. The fourth-order valence-electron chi connectivity index (χ4n) is 12.5. The van der Waals surface area contributed by atoms with Crippen LogP contribution < -0.4 is 0 Å². The summed E-state index contributed by atoms with van der Waals surface area (Å²) < 4.78 is 34.8. The van der Waals surface area contributed by atoms with Crippen molar-refractivity contribution in [1.82, 2.24) is 0 Å². The van der Waals surface area contributed by atoms with Crippen LogP contribution in [0.25, 0.3) is 0 Å². The molecule has 0 bridgehead atoms. The Kier molecular flexibility index (Phi) is 42.7. The van der Waals surface area contributed by atoms with Crippen LogP contribution in [0.2, 0.25) is 0 Å². The van der Waals surface area contributed by atoms with E-state index in [4.69, 9.17) is 28.4 Å². The van der Waals surface area contributed by atoms with Crippen molar-refractivity contribution in [3.8, 4) is 0 Å². The molecule has 0 aromatic carbocycles. The summed E-state index contributed by atoms with van der Waals surface area (Å²) in [6.45, 7) is 52.9. The third-order valence-corrected chi connectivity index (χ3v) is 23.9. The van der Waals surface area contributed by atoms with Gasteiger partial charge in [-0.1, -0.05) is 125 Å². The Balaban J connectivity index is -0.00000108. The number of hydrogen-bond acceptors (Lipinski definition) is 12. The molecule has 0 N–H and O–H groups in total. The van der Waals surface area contributed by atoms with E-state index >= 15 is 0 Å². The predicted octanol–water partition coefficient (Wildman–Crippen LogP) is 24.9. The molecular formula is C84H162O12. The second-order valence-corrected chi connectivity index (χ2v) is 34.5. The molecule has 6 aliphatic carbocycles. The van der Waals surface area contributed by atoms with E-state index < -0.39 is 0 Å². The van der Waals surface area contributed by atoms with Crippen LogP contribution in [0, 0.1) is 44.3 Å². The second kappa shape index (κ2) is 42.3. The monoisotopic (exact) mass is 1360 g/mol. The highest BCUT2D eigenvalue weighted by Crippen LogP contribution is 2.44. The van der Waals surface area contributed by atoms with E-state index in [1.54, 1.807) is 0 Å². The van der Waals surface area contributed by atoms with Crippen molar-refractivity contribution < 1.29 is 57.2 Å². The van der Waals surface area contributed by atoms with Crippen LogP contribution in [0.4, 0.5) is 0 Å². The molecule has 12 nitrogen and oxygen atoms in total. The van der Waals surface area contributed by atoms with Crippen LogP contribution in [0.15, 0.2) is 0 Å². The first kappa shape index (κ1) is 97.0. The topological polar surface area (TPSA) is 158 Å². The molecule has 12 heteroatoms. The summed E-state index contributed by atoms with van der Waals surface area (Å²) >= 11 is 0. The molecule has 6 aliphatic rings. The lowest BCUT2D eigenvalue weighted by atomic mass is 9.76. The number of hydrogen-bond donors (Lipinski definition) is 0. The van der Waals surface area contributed by atoms with Gasteiger partial charge in [-0.25, -0.2) is 0 Å². The molecule has 6 rings (SSSR count). The minimum atomic E-state index is -0.348. The first-order chi connectivity index (χ1) is 42.9. The van der Waals surface area contributed by atoms with Gasteiger partial charge in [0.1, 0.15) is 33.6 Å². The molecule has 0 amide bonds.